The summed E-state index contributed by atoms with van der Waals surface area (Å²) in [5.74, 6) is 0.910. The third kappa shape index (κ3) is 6.39. The van der Waals surface area contributed by atoms with Crippen molar-refractivity contribution in [3.8, 4) is 21.6 Å². The average molecular weight is 627 g/mol. The third-order valence-corrected chi connectivity index (χ3v) is 10.4. The van der Waals surface area contributed by atoms with Gasteiger partial charge in [0.1, 0.15) is 15.6 Å². The number of alkyl halides is 3. The number of aromatic nitrogens is 3. The first kappa shape index (κ1) is 30.9. The number of nitrogens with zero attached hydrogens (tertiary/aromatic N) is 3. The number of hydrogen-bond acceptors (Lipinski definition) is 5. The number of aryl methyl sites for hydroxylation is 3. The van der Waals surface area contributed by atoms with Crippen LogP contribution in [0.3, 0.4) is 0 Å². The molecule has 3 heterocycles. The van der Waals surface area contributed by atoms with Crippen molar-refractivity contribution >= 4 is 32.5 Å². The lowest BCUT2D eigenvalue weighted by molar-refractivity contribution is -0.137. The zero-order valence-corrected chi connectivity index (χ0v) is 26.4. The molecule has 0 aliphatic rings. The zero-order valence-electron chi connectivity index (χ0n) is 24.8. The number of halogens is 3. The second-order valence-electron chi connectivity index (χ2n) is 11.6. The lowest BCUT2D eigenvalue weighted by atomic mass is 10.0. The molecule has 0 aliphatic heterocycles. The average Bonchev–Trinajstić information content (AvgIpc) is 3.51. The van der Waals surface area contributed by atoms with Gasteiger partial charge in [0.15, 0.2) is 5.65 Å². The summed E-state index contributed by atoms with van der Waals surface area (Å²) < 4.78 is 73.5. The molecular weight excluding hydrogens is 594 g/mol. The molecule has 0 radical (unpaired) electrons. The number of nitrogens with one attached hydrogen (secondary N) is 1. The van der Waals surface area contributed by atoms with E-state index < -0.39 is 27.3 Å². The Kier molecular flexibility index (Phi) is 8.04. The van der Waals surface area contributed by atoms with Crippen LogP contribution in [-0.4, -0.2) is 28.5 Å². The molecule has 0 bridgehead atoms. The van der Waals surface area contributed by atoms with Gasteiger partial charge in [-0.05, 0) is 69.5 Å². The van der Waals surface area contributed by atoms with Crippen LogP contribution >= 0.6 is 11.3 Å². The standard InChI is InChI=1S/C32H33F3N4O2S2/c1-7-27-37-28-19(2)16-20(3)36-29(28)39(27)18-21-12-14-22(15-13-21)24-17-26(23-10-8-9-11-25(23)32(33,34)35)42-30(24)43(40,41)38-31(4,5)6/h8-17,38H,7,18H2,1-6H3. The Hall–Kier alpha value is -3.54. The quantitative estimate of drug-likeness (QED) is 0.198. The maximum atomic E-state index is 13.9. The fourth-order valence-electron chi connectivity index (χ4n) is 5.16. The summed E-state index contributed by atoms with van der Waals surface area (Å²) in [6, 6.07) is 16.2. The summed E-state index contributed by atoms with van der Waals surface area (Å²) in [7, 11) is -4.06. The van der Waals surface area contributed by atoms with Crippen LogP contribution in [0.15, 0.2) is 64.9 Å². The van der Waals surface area contributed by atoms with E-state index in [1.54, 1.807) is 20.8 Å². The Morgan fingerprint density at radius 2 is 1.60 bits per heavy atom. The van der Waals surface area contributed by atoms with Crippen LogP contribution in [0.4, 0.5) is 13.2 Å². The lowest BCUT2D eigenvalue weighted by Gasteiger charge is -2.20. The van der Waals surface area contributed by atoms with Gasteiger partial charge in [-0.2, -0.15) is 13.2 Å². The third-order valence-electron chi connectivity index (χ3n) is 6.90. The van der Waals surface area contributed by atoms with Gasteiger partial charge in [0, 0.05) is 33.7 Å². The molecule has 0 fully saturated rings. The molecule has 0 aliphatic carbocycles. The molecule has 0 amide bonds. The highest BCUT2D eigenvalue weighted by atomic mass is 32.2. The Morgan fingerprint density at radius 1 is 0.930 bits per heavy atom. The van der Waals surface area contributed by atoms with E-state index >= 15 is 0 Å². The van der Waals surface area contributed by atoms with E-state index in [4.69, 9.17) is 9.97 Å². The number of fused-ring (bicyclic) bond motifs is 1. The molecule has 5 aromatic rings. The number of pyridine rings is 1. The molecule has 0 atom stereocenters. The second kappa shape index (κ2) is 11.2. The van der Waals surface area contributed by atoms with Crippen LogP contribution in [0.25, 0.3) is 32.7 Å². The Labute approximate surface area is 253 Å². The Bertz CT molecular complexity index is 1920. The Morgan fingerprint density at radius 3 is 2.23 bits per heavy atom. The molecule has 5 rings (SSSR count). The molecule has 0 saturated carbocycles. The fraction of sp³-hybridized carbons (Fsp3) is 0.312. The number of benzene rings is 2. The van der Waals surface area contributed by atoms with E-state index in [2.05, 4.69) is 9.29 Å². The highest BCUT2D eigenvalue weighted by molar-refractivity contribution is 7.91. The molecule has 6 nitrogen and oxygen atoms in total. The SMILES string of the molecule is CCc1nc2c(C)cc(C)nc2n1Cc1ccc(-c2cc(-c3ccccc3C(F)(F)F)sc2S(=O)(=O)NC(C)(C)C)cc1. The van der Waals surface area contributed by atoms with Gasteiger partial charge in [0.05, 0.1) is 12.1 Å². The second-order valence-corrected chi connectivity index (χ2v) is 14.6. The highest BCUT2D eigenvalue weighted by Crippen LogP contribution is 2.44. The van der Waals surface area contributed by atoms with Crippen LogP contribution in [0, 0.1) is 13.8 Å². The molecule has 3 aromatic heterocycles. The van der Waals surface area contributed by atoms with Gasteiger partial charge >= 0.3 is 6.18 Å². The van der Waals surface area contributed by atoms with E-state index in [-0.39, 0.29) is 14.6 Å². The van der Waals surface area contributed by atoms with Gasteiger partial charge in [-0.3, -0.25) is 0 Å². The first-order chi connectivity index (χ1) is 20.1. The molecule has 43 heavy (non-hydrogen) atoms. The maximum Gasteiger partial charge on any atom is 0.417 e. The van der Waals surface area contributed by atoms with Gasteiger partial charge in [-0.1, -0.05) is 49.4 Å². The van der Waals surface area contributed by atoms with E-state index in [0.717, 1.165) is 57.6 Å². The van der Waals surface area contributed by atoms with Crippen molar-refractivity contribution in [2.75, 3.05) is 0 Å². The maximum absolute atomic E-state index is 13.9. The van der Waals surface area contributed by atoms with Crippen LogP contribution in [-0.2, 0) is 29.2 Å². The molecule has 0 unspecified atom stereocenters. The molecule has 0 saturated heterocycles. The molecule has 2 aromatic carbocycles. The Balaban J connectivity index is 1.59. The van der Waals surface area contributed by atoms with Crippen molar-refractivity contribution in [1.29, 1.82) is 0 Å². The summed E-state index contributed by atoms with van der Waals surface area (Å²) in [4.78, 5) is 9.76. The summed E-state index contributed by atoms with van der Waals surface area (Å²) in [6.45, 7) is 11.7. The number of rotatable bonds is 7. The largest absolute Gasteiger partial charge is 0.417 e. The van der Waals surface area contributed by atoms with Crippen molar-refractivity contribution < 1.29 is 21.6 Å². The fourth-order valence-corrected chi connectivity index (χ4v) is 8.31. The first-order valence-electron chi connectivity index (χ1n) is 13.8. The van der Waals surface area contributed by atoms with E-state index in [0.29, 0.717) is 17.7 Å². The van der Waals surface area contributed by atoms with Crippen molar-refractivity contribution in [3.63, 3.8) is 0 Å². The molecular formula is C32H33F3N4O2S2. The topological polar surface area (TPSA) is 76.9 Å². The van der Waals surface area contributed by atoms with Gasteiger partial charge in [-0.15, -0.1) is 11.3 Å². The summed E-state index contributed by atoms with van der Waals surface area (Å²) in [5, 5.41) is 0. The van der Waals surface area contributed by atoms with Gasteiger partial charge in [0.2, 0.25) is 0 Å². The molecule has 0 spiro atoms. The predicted molar refractivity (Wildman–Crippen MR) is 166 cm³/mol. The number of sulfonamides is 1. The summed E-state index contributed by atoms with van der Waals surface area (Å²) in [5.41, 5.74) is 3.85. The molecule has 226 valence electrons. The van der Waals surface area contributed by atoms with Crippen LogP contribution in [0.1, 0.15) is 55.9 Å². The van der Waals surface area contributed by atoms with Gasteiger partial charge < -0.3 is 4.57 Å². The highest BCUT2D eigenvalue weighted by Gasteiger charge is 2.35. The van der Waals surface area contributed by atoms with Crippen LogP contribution < -0.4 is 4.72 Å². The molecule has 11 heteroatoms. The normalized spacial score (nSPS) is 12.8. The zero-order chi connectivity index (χ0) is 31.3. The predicted octanol–water partition coefficient (Wildman–Crippen LogP) is 8.15. The summed E-state index contributed by atoms with van der Waals surface area (Å²) in [6.07, 6.45) is -3.86. The van der Waals surface area contributed by atoms with Gasteiger partial charge in [0.25, 0.3) is 10.0 Å². The van der Waals surface area contributed by atoms with E-state index in [1.807, 2.05) is 51.1 Å². The number of imidazole rings is 1. The van der Waals surface area contributed by atoms with Crippen molar-refractivity contribution in [1.82, 2.24) is 19.3 Å². The number of thiophene rings is 1. The van der Waals surface area contributed by atoms with Crippen LogP contribution in [0.2, 0.25) is 0 Å². The van der Waals surface area contributed by atoms with E-state index in [9.17, 15) is 21.6 Å². The minimum atomic E-state index is -4.59. The van der Waals surface area contributed by atoms with E-state index in [1.165, 1.54) is 24.3 Å². The smallest absolute Gasteiger partial charge is 0.308 e. The summed E-state index contributed by atoms with van der Waals surface area (Å²) >= 11 is 0.831. The van der Waals surface area contributed by atoms with Crippen molar-refractivity contribution in [2.45, 2.75) is 70.4 Å². The van der Waals surface area contributed by atoms with Crippen molar-refractivity contribution in [3.05, 3.63) is 88.9 Å². The van der Waals surface area contributed by atoms with Gasteiger partial charge in [-0.25, -0.2) is 23.1 Å². The minimum absolute atomic E-state index is 0.0359. The molecule has 1 N–H and O–H groups in total. The first-order valence-corrected chi connectivity index (χ1v) is 16.1. The van der Waals surface area contributed by atoms with Crippen LogP contribution in [0.5, 0.6) is 0 Å². The minimum Gasteiger partial charge on any atom is -0.308 e. The monoisotopic (exact) mass is 626 g/mol. The number of hydrogen-bond donors (Lipinski definition) is 1. The lowest BCUT2D eigenvalue weighted by Crippen LogP contribution is -2.40. The van der Waals surface area contributed by atoms with Crippen molar-refractivity contribution in [2.24, 2.45) is 0 Å².